The Balaban J connectivity index is 2.35. The molecule has 0 aliphatic rings. The molecule has 1 atom stereocenters. The molecule has 1 aromatic rings. The Morgan fingerprint density at radius 3 is 2.53 bits per heavy atom. The summed E-state index contributed by atoms with van der Waals surface area (Å²) < 4.78 is 5.41. The Labute approximate surface area is 115 Å². The van der Waals surface area contributed by atoms with Crippen molar-refractivity contribution in [1.82, 2.24) is 5.32 Å². The van der Waals surface area contributed by atoms with Crippen molar-refractivity contribution in [2.75, 3.05) is 25.1 Å². The minimum absolute atomic E-state index is 0.0339. The van der Waals surface area contributed by atoms with Crippen LogP contribution in [0.2, 0.25) is 0 Å². The van der Waals surface area contributed by atoms with Gasteiger partial charge in [-0.3, -0.25) is 4.79 Å². The van der Waals surface area contributed by atoms with Gasteiger partial charge in [0.05, 0.1) is 13.2 Å². The van der Waals surface area contributed by atoms with Crippen LogP contribution in [0.1, 0.15) is 20.8 Å². The van der Waals surface area contributed by atoms with Gasteiger partial charge in [-0.2, -0.15) is 0 Å². The van der Waals surface area contributed by atoms with Crippen LogP contribution in [0.3, 0.4) is 0 Å². The number of rotatable bonds is 8. The lowest BCUT2D eigenvalue weighted by Crippen LogP contribution is -2.42. The maximum Gasteiger partial charge on any atom is 0.238 e. The Morgan fingerprint density at radius 1 is 1.26 bits per heavy atom. The third-order valence-electron chi connectivity index (χ3n) is 2.89. The lowest BCUT2D eigenvalue weighted by atomic mass is 10.1. The van der Waals surface area contributed by atoms with Crippen LogP contribution in [-0.2, 0) is 9.53 Å². The summed E-state index contributed by atoms with van der Waals surface area (Å²) in [4.78, 5) is 11.8. The molecule has 4 heteroatoms. The Bertz CT molecular complexity index is 366. The number of nitrogens with one attached hydrogen (secondary N) is 2. The van der Waals surface area contributed by atoms with Gasteiger partial charge in [-0.05, 0) is 25.0 Å². The molecule has 106 valence electrons. The summed E-state index contributed by atoms with van der Waals surface area (Å²) in [7, 11) is 0. The number of hydrogen-bond acceptors (Lipinski definition) is 3. The van der Waals surface area contributed by atoms with E-state index < -0.39 is 0 Å². The molecule has 0 aliphatic carbocycles. The van der Waals surface area contributed by atoms with E-state index in [0.29, 0.717) is 25.7 Å². The molecule has 1 amide bonds. The molecule has 0 aliphatic heterocycles. The lowest BCUT2D eigenvalue weighted by molar-refractivity contribution is -0.115. The summed E-state index contributed by atoms with van der Waals surface area (Å²) in [5.41, 5.74) is 0.820. The highest BCUT2D eigenvalue weighted by molar-refractivity contribution is 5.92. The normalized spacial score (nSPS) is 12.4. The third kappa shape index (κ3) is 6.36. The largest absolute Gasteiger partial charge is 0.380 e. The van der Waals surface area contributed by atoms with E-state index in [4.69, 9.17) is 4.74 Å². The second-order valence-electron chi connectivity index (χ2n) is 4.81. The maximum atomic E-state index is 11.8. The van der Waals surface area contributed by atoms with E-state index in [1.165, 1.54) is 0 Å². The first-order valence-electron chi connectivity index (χ1n) is 6.79. The zero-order chi connectivity index (χ0) is 14.1. The molecule has 0 saturated carbocycles. The summed E-state index contributed by atoms with van der Waals surface area (Å²) >= 11 is 0. The van der Waals surface area contributed by atoms with Gasteiger partial charge in [-0.1, -0.05) is 32.0 Å². The van der Waals surface area contributed by atoms with Crippen molar-refractivity contribution in [1.29, 1.82) is 0 Å². The second-order valence-corrected chi connectivity index (χ2v) is 4.81. The number of hydrogen-bond donors (Lipinski definition) is 2. The van der Waals surface area contributed by atoms with Crippen LogP contribution in [0.4, 0.5) is 5.69 Å². The highest BCUT2D eigenvalue weighted by Gasteiger charge is 2.14. The van der Waals surface area contributed by atoms with Crippen molar-refractivity contribution >= 4 is 11.6 Å². The van der Waals surface area contributed by atoms with Gasteiger partial charge in [-0.15, -0.1) is 0 Å². The molecule has 0 saturated heterocycles. The van der Waals surface area contributed by atoms with Crippen molar-refractivity contribution in [2.24, 2.45) is 5.92 Å². The zero-order valence-corrected chi connectivity index (χ0v) is 12.0. The standard InChI is InChI=1S/C15H24N2O2/c1-4-19-11-14(12(2)3)16-10-15(18)17-13-8-6-5-7-9-13/h5-9,12,14,16H,4,10-11H2,1-3H3,(H,17,18). The van der Waals surface area contributed by atoms with Crippen LogP contribution in [0.5, 0.6) is 0 Å². The highest BCUT2D eigenvalue weighted by Crippen LogP contribution is 2.05. The van der Waals surface area contributed by atoms with Gasteiger partial charge in [0, 0.05) is 18.3 Å². The van der Waals surface area contributed by atoms with Crippen LogP contribution in [0.15, 0.2) is 30.3 Å². The maximum absolute atomic E-state index is 11.8. The first-order chi connectivity index (χ1) is 9.13. The quantitative estimate of drug-likeness (QED) is 0.757. The molecule has 0 bridgehead atoms. The average molecular weight is 264 g/mol. The van der Waals surface area contributed by atoms with Crippen LogP contribution >= 0.6 is 0 Å². The molecule has 1 aromatic carbocycles. The van der Waals surface area contributed by atoms with Gasteiger partial charge in [0.2, 0.25) is 5.91 Å². The fraction of sp³-hybridized carbons (Fsp3) is 0.533. The van der Waals surface area contributed by atoms with E-state index in [9.17, 15) is 4.79 Å². The summed E-state index contributed by atoms with van der Waals surface area (Å²) in [6.45, 7) is 7.83. The molecule has 4 nitrogen and oxygen atoms in total. The van der Waals surface area contributed by atoms with Crippen molar-refractivity contribution in [3.63, 3.8) is 0 Å². The molecule has 1 rings (SSSR count). The van der Waals surface area contributed by atoms with E-state index in [-0.39, 0.29) is 11.9 Å². The van der Waals surface area contributed by atoms with Crippen molar-refractivity contribution in [3.05, 3.63) is 30.3 Å². The molecule has 0 spiro atoms. The first kappa shape index (κ1) is 15.7. The minimum Gasteiger partial charge on any atom is -0.380 e. The minimum atomic E-state index is -0.0339. The van der Waals surface area contributed by atoms with Crippen LogP contribution in [-0.4, -0.2) is 31.7 Å². The van der Waals surface area contributed by atoms with Crippen LogP contribution in [0.25, 0.3) is 0 Å². The number of ether oxygens (including phenoxy) is 1. The van der Waals surface area contributed by atoms with Crippen molar-refractivity contribution in [2.45, 2.75) is 26.8 Å². The summed E-state index contributed by atoms with van der Waals surface area (Å²) in [6.07, 6.45) is 0. The van der Waals surface area contributed by atoms with Crippen LogP contribution in [0, 0.1) is 5.92 Å². The molecular formula is C15H24N2O2. The third-order valence-corrected chi connectivity index (χ3v) is 2.89. The average Bonchev–Trinajstić information content (AvgIpc) is 2.39. The topological polar surface area (TPSA) is 50.4 Å². The smallest absolute Gasteiger partial charge is 0.238 e. The Morgan fingerprint density at radius 2 is 1.95 bits per heavy atom. The lowest BCUT2D eigenvalue weighted by Gasteiger charge is -2.21. The van der Waals surface area contributed by atoms with Gasteiger partial charge in [0.25, 0.3) is 0 Å². The molecule has 0 fully saturated rings. The molecule has 0 radical (unpaired) electrons. The second kappa shape index (κ2) is 8.67. The zero-order valence-electron chi connectivity index (χ0n) is 12.0. The Kier molecular flexibility index (Phi) is 7.15. The predicted molar refractivity (Wildman–Crippen MR) is 78.2 cm³/mol. The number of anilines is 1. The number of carbonyl (C=O) groups is 1. The molecule has 19 heavy (non-hydrogen) atoms. The number of amides is 1. The SMILES string of the molecule is CCOCC(NCC(=O)Nc1ccccc1)C(C)C. The number of para-hydroxylation sites is 1. The van der Waals surface area contributed by atoms with E-state index in [1.54, 1.807) is 0 Å². The number of carbonyl (C=O) groups excluding carboxylic acids is 1. The van der Waals surface area contributed by atoms with E-state index in [2.05, 4.69) is 24.5 Å². The van der Waals surface area contributed by atoms with Gasteiger partial charge in [-0.25, -0.2) is 0 Å². The van der Waals surface area contributed by atoms with Crippen molar-refractivity contribution in [3.8, 4) is 0 Å². The van der Waals surface area contributed by atoms with E-state index >= 15 is 0 Å². The molecular weight excluding hydrogens is 240 g/mol. The van der Waals surface area contributed by atoms with E-state index in [1.807, 2.05) is 37.3 Å². The summed E-state index contributed by atoms with van der Waals surface area (Å²) in [5, 5.41) is 6.09. The number of benzene rings is 1. The van der Waals surface area contributed by atoms with Gasteiger partial charge in [0.15, 0.2) is 0 Å². The fourth-order valence-electron chi connectivity index (χ4n) is 1.68. The molecule has 0 aromatic heterocycles. The molecule has 1 unspecified atom stereocenters. The highest BCUT2D eigenvalue weighted by atomic mass is 16.5. The fourth-order valence-corrected chi connectivity index (χ4v) is 1.68. The van der Waals surface area contributed by atoms with Crippen LogP contribution < -0.4 is 10.6 Å². The van der Waals surface area contributed by atoms with Gasteiger partial charge < -0.3 is 15.4 Å². The molecule has 0 heterocycles. The van der Waals surface area contributed by atoms with Gasteiger partial charge in [0.1, 0.15) is 0 Å². The summed E-state index contributed by atoms with van der Waals surface area (Å²) in [5.74, 6) is 0.393. The summed E-state index contributed by atoms with van der Waals surface area (Å²) in [6, 6.07) is 9.66. The monoisotopic (exact) mass is 264 g/mol. The van der Waals surface area contributed by atoms with E-state index in [0.717, 1.165) is 5.69 Å². The predicted octanol–water partition coefficient (Wildman–Crippen LogP) is 2.28. The van der Waals surface area contributed by atoms with Gasteiger partial charge >= 0.3 is 0 Å². The van der Waals surface area contributed by atoms with Crippen molar-refractivity contribution < 1.29 is 9.53 Å². The first-order valence-corrected chi connectivity index (χ1v) is 6.79. The molecule has 2 N–H and O–H groups in total. The Hall–Kier alpha value is -1.39.